The van der Waals surface area contributed by atoms with Crippen LogP contribution in [-0.4, -0.2) is 38.8 Å². The first-order valence-electron chi connectivity index (χ1n) is 7.11. The number of hydrogen-bond acceptors (Lipinski definition) is 4. The lowest BCUT2D eigenvalue weighted by Gasteiger charge is -2.32. The van der Waals surface area contributed by atoms with Crippen molar-refractivity contribution in [3.8, 4) is 0 Å². The minimum atomic E-state index is 0.356. The standard InChI is InChI=1S/C15H25N3O/c1-12(16-2)14-4-5-15(17-10-14)18-8-6-13(7-9-18)11-19-3/h4-5,10,12-13,16H,6-9,11H2,1-3H3. The van der Waals surface area contributed by atoms with E-state index in [0.717, 1.165) is 25.5 Å². The summed E-state index contributed by atoms with van der Waals surface area (Å²) in [6.07, 6.45) is 4.38. The third kappa shape index (κ3) is 3.67. The van der Waals surface area contributed by atoms with Crippen molar-refractivity contribution >= 4 is 5.82 Å². The maximum Gasteiger partial charge on any atom is 0.128 e. The third-order valence-corrected chi connectivity index (χ3v) is 4.04. The molecule has 0 amide bonds. The van der Waals surface area contributed by atoms with Crippen LogP contribution in [0.1, 0.15) is 31.4 Å². The summed E-state index contributed by atoms with van der Waals surface area (Å²) in [5.74, 6) is 1.81. The molecule has 4 nitrogen and oxygen atoms in total. The van der Waals surface area contributed by atoms with Crippen LogP contribution in [0, 0.1) is 5.92 Å². The molecule has 0 aromatic carbocycles. The average molecular weight is 263 g/mol. The molecular formula is C15H25N3O. The normalized spacial score (nSPS) is 18.6. The lowest BCUT2D eigenvalue weighted by molar-refractivity contribution is 0.139. The van der Waals surface area contributed by atoms with Gasteiger partial charge in [-0.1, -0.05) is 6.07 Å². The Morgan fingerprint density at radius 1 is 1.42 bits per heavy atom. The highest BCUT2D eigenvalue weighted by Gasteiger charge is 2.19. The monoisotopic (exact) mass is 263 g/mol. The van der Waals surface area contributed by atoms with Crippen molar-refractivity contribution in [2.75, 3.05) is 38.8 Å². The van der Waals surface area contributed by atoms with E-state index in [-0.39, 0.29) is 0 Å². The Bertz CT molecular complexity index is 371. The Hall–Kier alpha value is -1.13. The van der Waals surface area contributed by atoms with Gasteiger partial charge in [-0.05, 0) is 44.4 Å². The molecule has 1 N–H and O–H groups in total. The van der Waals surface area contributed by atoms with E-state index < -0.39 is 0 Å². The van der Waals surface area contributed by atoms with E-state index in [4.69, 9.17) is 4.74 Å². The summed E-state index contributed by atoms with van der Waals surface area (Å²) in [5, 5.41) is 3.23. The smallest absolute Gasteiger partial charge is 0.128 e. The lowest BCUT2D eigenvalue weighted by atomic mass is 9.98. The number of hydrogen-bond donors (Lipinski definition) is 1. The summed E-state index contributed by atoms with van der Waals surface area (Å²) < 4.78 is 5.24. The van der Waals surface area contributed by atoms with Crippen molar-refractivity contribution in [3.05, 3.63) is 23.9 Å². The van der Waals surface area contributed by atoms with Gasteiger partial charge in [0.15, 0.2) is 0 Å². The molecule has 1 aliphatic heterocycles. The highest BCUT2D eigenvalue weighted by Crippen LogP contribution is 2.22. The van der Waals surface area contributed by atoms with Crippen LogP contribution in [0.4, 0.5) is 5.82 Å². The number of aromatic nitrogens is 1. The first-order chi connectivity index (χ1) is 9.24. The molecule has 0 spiro atoms. The lowest BCUT2D eigenvalue weighted by Crippen LogP contribution is -2.35. The van der Waals surface area contributed by atoms with Crippen molar-refractivity contribution in [1.29, 1.82) is 0 Å². The van der Waals surface area contributed by atoms with E-state index in [2.05, 4.69) is 34.3 Å². The molecule has 2 heterocycles. The maximum atomic E-state index is 5.24. The molecule has 0 saturated carbocycles. The van der Waals surface area contributed by atoms with Crippen LogP contribution in [0.3, 0.4) is 0 Å². The number of nitrogens with one attached hydrogen (secondary N) is 1. The van der Waals surface area contributed by atoms with Crippen LogP contribution in [0.25, 0.3) is 0 Å². The van der Waals surface area contributed by atoms with Crippen LogP contribution in [0.15, 0.2) is 18.3 Å². The quantitative estimate of drug-likeness (QED) is 0.884. The molecule has 1 atom stereocenters. The fraction of sp³-hybridized carbons (Fsp3) is 0.667. The molecular weight excluding hydrogens is 238 g/mol. The van der Waals surface area contributed by atoms with E-state index in [1.807, 2.05) is 13.2 Å². The summed E-state index contributed by atoms with van der Waals surface area (Å²) in [6.45, 7) is 5.21. The van der Waals surface area contributed by atoms with Crippen LogP contribution in [-0.2, 0) is 4.74 Å². The minimum absolute atomic E-state index is 0.356. The molecule has 1 fully saturated rings. The second-order valence-corrected chi connectivity index (χ2v) is 5.35. The number of nitrogens with zero attached hydrogens (tertiary/aromatic N) is 2. The second kappa shape index (κ2) is 6.87. The number of piperidine rings is 1. The first-order valence-corrected chi connectivity index (χ1v) is 7.11. The van der Waals surface area contributed by atoms with Gasteiger partial charge in [-0.15, -0.1) is 0 Å². The van der Waals surface area contributed by atoms with Crippen LogP contribution in [0.2, 0.25) is 0 Å². The molecule has 1 aliphatic rings. The zero-order valence-corrected chi connectivity index (χ0v) is 12.2. The highest BCUT2D eigenvalue weighted by molar-refractivity contribution is 5.40. The molecule has 106 valence electrons. The van der Waals surface area contributed by atoms with Crippen molar-refractivity contribution in [3.63, 3.8) is 0 Å². The molecule has 19 heavy (non-hydrogen) atoms. The molecule has 1 aromatic rings. The number of pyridine rings is 1. The predicted octanol–water partition coefficient (Wildman–Crippen LogP) is 2.22. The fourth-order valence-electron chi connectivity index (χ4n) is 2.57. The van der Waals surface area contributed by atoms with Gasteiger partial charge in [0, 0.05) is 39.0 Å². The largest absolute Gasteiger partial charge is 0.384 e. The summed E-state index contributed by atoms with van der Waals surface area (Å²) in [4.78, 5) is 6.97. The van der Waals surface area contributed by atoms with E-state index in [0.29, 0.717) is 12.0 Å². The van der Waals surface area contributed by atoms with Gasteiger partial charge in [0.1, 0.15) is 5.82 Å². The molecule has 1 saturated heterocycles. The van der Waals surface area contributed by atoms with E-state index in [9.17, 15) is 0 Å². The average Bonchev–Trinajstić information content (AvgIpc) is 2.48. The topological polar surface area (TPSA) is 37.4 Å². The van der Waals surface area contributed by atoms with Crippen LogP contribution >= 0.6 is 0 Å². The highest BCUT2D eigenvalue weighted by atomic mass is 16.5. The van der Waals surface area contributed by atoms with Gasteiger partial charge in [0.2, 0.25) is 0 Å². The fourth-order valence-corrected chi connectivity index (χ4v) is 2.57. The SMILES string of the molecule is CNC(C)c1ccc(N2CCC(COC)CC2)nc1. The van der Waals surface area contributed by atoms with Gasteiger partial charge in [-0.2, -0.15) is 0 Å². The zero-order chi connectivity index (χ0) is 13.7. The van der Waals surface area contributed by atoms with Gasteiger partial charge in [-0.3, -0.25) is 0 Å². The molecule has 2 rings (SSSR count). The van der Waals surface area contributed by atoms with Crippen molar-refractivity contribution in [1.82, 2.24) is 10.3 Å². The molecule has 0 aliphatic carbocycles. The Morgan fingerprint density at radius 3 is 2.68 bits per heavy atom. The Morgan fingerprint density at radius 2 is 2.16 bits per heavy atom. The molecule has 0 radical (unpaired) electrons. The summed E-state index contributed by atoms with van der Waals surface area (Å²) >= 11 is 0. The number of ether oxygens (including phenoxy) is 1. The molecule has 0 bridgehead atoms. The van der Waals surface area contributed by atoms with E-state index in [1.54, 1.807) is 7.11 Å². The molecule has 1 aromatic heterocycles. The Kier molecular flexibility index (Phi) is 5.16. The van der Waals surface area contributed by atoms with Crippen molar-refractivity contribution < 1.29 is 4.74 Å². The van der Waals surface area contributed by atoms with Gasteiger partial charge in [0.25, 0.3) is 0 Å². The van der Waals surface area contributed by atoms with Gasteiger partial charge >= 0.3 is 0 Å². The van der Waals surface area contributed by atoms with Crippen molar-refractivity contribution in [2.45, 2.75) is 25.8 Å². The van der Waals surface area contributed by atoms with Crippen LogP contribution < -0.4 is 10.2 Å². The summed E-state index contributed by atoms with van der Waals surface area (Å²) in [7, 11) is 3.76. The third-order valence-electron chi connectivity index (χ3n) is 4.04. The minimum Gasteiger partial charge on any atom is -0.384 e. The number of rotatable bonds is 5. The van der Waals surface area contributed by atoms with E-state index >= 15 is 0 Å². The number of anilines is 1. The predicted molar refractivity (Wildman–Crippen MR) is 78.5 cm³/mol. The summed E-state index contributed by atoms with van der Waals surface area (Å²) in [6, 6.07) is 4.67. The Balaban J connectivity index is 1.92. The zero-order valence-electron chi connectivity index (χ0n) is 12.2. The summed E-state index contributed by atoms with van der Waals surface area (Å²) in [5.41, 5.74) is 1.24. The van der Waals surface area contributed by atoms with Crippen LogP contribution in [0.5, 0.6) is 0 Å². The first kappa shape index (κ1) is 14.3. The van der Waals surface area contributed by atoms with E-state index in [1.165, 1.54) is 18.4 Å². The number of methoxy groups -OCH3 is 1. The second-order valence-electron chi connectivity index (χ2n) is 5.35. The van der Waals surface area contributed by atoms with Gasteiger partial charge < -0.3 is 15.0 Å². The maximum absolute atomic E-state index is 5.24. The molecule has 1 unspecified atom stereocenters. The van der Waals surface area contributed by atoms with Crippen molar-refractivity contribution in [2.24, 2.45) is 5.92 Å². The van der Waals surface area contributed by atoms with Gasteiger partial charge in [0.05, 0.1) is 0 Å². The van der Waals surface area contributed by atoms with Gasteiger partial charge in [-0.25, -0.2) is 4.98 Å². The molecule has 4 heteroatoms. The Labute approximate surface area is 116 Å².